The molecule has 1 aromatic rings. The number of carboxylic acids is 1. The average Bonchev–Trinajstić information content (AvgIpc) is 2.36. The maximum Gasteiger partial charge on any atom is 0.335 e. The van der Waals surface area contributed by atoms with Gasteiger partial charge in [0.1, 0.15) is 5.82 Å². The molecule has 0 fully saturated rings. The molecule has 1 atom stereocenters. The fraction of sp³-hybridized carbons (Fsp3) is 0.600. The maximum atomic E-state index is 11.2. The molecule has 1 aromatic heterocycles. The minimum atomic E-state index is -0.897. The van der Waals surface area contributed by atoms with Crippen molar-refractivity contribution in [1.82, 2.24) is 4.98 Å². The molecule has 0 saturated heterocycles. The number of carbonyl (C=O) groups is 1. The van der Waals surface area contributed by atoms with Crippen LogP contribution in [0.15, 0.2) is 12.1 Å². The highest BCUT2D eigenvalue weighted by Crippen LogP contribution is 2.20. The lowest BCUT2D eigenvalue weighted by Gasteiger charge is -2.29. The molecule has 0 aromatic carbocycles. The number of rotatable bonds is 6. The minimum Gasteiger partial charge on any atom is -0.478 e. The van der Waals surface area contributed by atoms with Crippen molar-refractivity contribution in [2.24, 2.45) is 5.92 Å². The first-order chi connectivity index (χ1) is 8.86. The Balaban J connectivity index is 3.15. The Morgan fingerprint density at radius 2 is 2.00 bits per heavy atom. The Kier molecular flexibility index (Phi) is 5.33. The second-order valence-electron chi connectivity index (χ2n) is 5.36. The van der Waals surface area contributed by atoms with Crippen LogP contribution in [0.4, 0.5) is 5.82 Å². The van der Waals surface area contributed by atoms with Crippen molar-refractivity contribution >= 4 is 11.8 Å². The molecule has 0 saturated carbocycles. The number of aryl methyl sites for hydroxylation is 1. The summed E-state index contributed by atoms with van der Waals surface area (Å²) in [6, 6.07) is 3.63. The summed E-state index contributed by atoms with van der Waals surface area (Å²) in [4.78, 5) is 17.8. The van der Waals surface area contributed by atoms with E-state index in [9.17, 15) is 9.90 Å². The van der Waals surface area contributed by atoms with Gasteiger partial charge in [0.2, 0.25) is 0 Å². The first kappa shape index (κ1) is 15.5. The normalized spacial score (nSPS) is 12.5. The van der Waals surface area contributed by atoms with E-state index in [2.05, 4.69) is 37.6 Å². The number of anilines is 1. The van der Waals surface area contributed by atoms with Crippen LogP contribution in [-0.4, -0.2) is 29.1 Å². The highest BCUT2D eigenvalue weighted by Gasteiger charge is 2.17. The van der Waals surface area contributed by atoms with Crippen LogP contribution in [0.25, 0.3) is 0 Å². The van der Waals surface area contributed by atoms with Crippen molar-refractivity contribution in [3.8, 4) is 0 Å². The van der Waals surface area contributed by atoms with Crippen LogP contribution in [0.5, 0.6) is 0 Å². The quantitative estimate of drug-likeness (QED) is 0.857. The Labute approximate surface area is 115 Å². The number of aromatic carboxylic acids is 1. The van der Waals surface area contributed by atoms with Gasteiger partial charge in [0.25, 0.3) is 0 Å². The topological polar surface area (TPSA) is 53.4 Å². The molecule has 106 valence electrons. The summed E-state index contributed by atoms with van der Waals surface area (Å²) >= 11 is 0. The lowest BCUT2D eigenvalue weighted by Crippen LogP contribution is -2.34. The van der Waals surface area contributed by atoms with Crippen LogP contribution in [0, 0.1) is 5.92 Å². The van der Waals surface area contributed by atoms with Gasteiger partial charge in [-0.05, 0) is 31.4 Å². The van der Waals surface area contributed by atoms with Gasteiger partial charge >= 0.3 is 5.97 Å². The number of aromatic nitrogens is 1. The smallest absolute Gasteiger partial charge is 0.335 e. The Bertz CT molecular complexity index is 444. The second kappa shape index (κ2) is 6.55. The zero-order valence-corrected chi connectivity index (χ0v) is 12.5. The molecule has 0 aliphatic rings. The summed E-state index contributed by atoms with van der Waals surface area (Å²) in [5.74, 6) is 0.325. The third kappa shape index (κ3) is 3.94. The number of carboxylic acid groups (broad SMARTS) is 1. The van der Waals surface area contributed by atoms with Crippen LogP contribution < -0.4 is 4.90 Å². The van der Waals surface area contributed by atoms with Crippen molar-refractivity contribution in [2.75, 3.05) is 11.9 Å². The minimum absolute atomic E-state index is 0.311. The van der Waals surface area contributed by atoms with Crippen LogP contribution in [0.1, 0.15) is 50.2 Å². The molecule has 1 rings (SSSR count). The van der Waals surface area contributed by atoms with E-state index >= 15 is 0 Å². The first-order valence-electron chi connectivity index (χ1n) is 6.83. The average molecular weight is 264 g/mol. The van der Waals surface area contributed by atoms with E-state index in [1.54, 1.807) is 12.1 Å². The summed E-state index contributed by atoms with van der Waals surface area (Å²) in [6.07, 6.45) is 1.76. The zero-order valence-electron chi connectivity index (χ0n) is 12.5. The van der Waals surface area contributed by atoms with Crippen LogP contribution in [-0.2, 0) is 6.42 Å². The molecule has 0 aliphatic carbocycles. The van der Waals surface area contributed by atoms with Gasteiger partial charge in [-0.25, -0.2) is 9.78 Å². The summed E-state index contributed by atoms with van der Waals surface area (Å²) in [6.45, 7) is 8.48. The number of hydrogen-bond donors (Lipinski definition) is 1. The number of nitrogens with zero attached hydrogens (tertiary/aromatic N) is 2. The molecule has 1 N–H and O–H groups in total. The molecule has 0 amide bonds. The Morgan fingerprint density at radius 3 is 2.47 bits per heavy atom. The van der Waals surface area contributed by atoms with Crippen molar-refractivity contribution in [1.29, 1.82) is 0 Å². The van der Waals surface area contributed by atoms with E-state index in [4.69, 9.17) is 0 Å². The summed E-state index contributed by atoms with van der Waals surface area (Å²) < 4.78 is 0. The van der Waals surface area contributed by atoms with E-state index in [1.165, 1.54) is 0 Å². The lowest BCUT2D eigenvalue weighted by atomic mass is 10.0. The van der Waals surface area contributed by atoms with E-state index in [0.717, 1.165) is 24.4 Å². The zero-order chi connectivity index (χ0) is 14.6. The van der Waals surface area contributed by atoms with Crippen LogP contribution in [0.3, 0.4) is 0 Å². The van der Waals surface area contributed by atoms with E-state index in [1.807, 2.05) is 7.05 Å². The lowest BCUT2D eigenvalue weighted by molar-refractivity contribution is 0.0696. The van der Waals surface area contributed by atoms with Crippen molar-refractivity contribution in [3.05, 3.63) is 23.4 Å². The fourth-order valence-corrected chi connectivity index (χ4v) is 1.92. The largest absolute Gasteiger partial charge is 0.478 e. The number of pyridine rings is 1. The molecule has 0 radical (unpaired) electrons. The summed E-state index contributed by atoms with van der Waals surface area (Å²) in [7, 11) is 1.97. The van der Waals surface area contributed by atoms with Gasteiger partial charge in [-0.3, -0.25) is 0 Å². The second-order valence-corrected chi connectivity index (χ2v) is 5.36. The third-order valence-electron chi connectivity index (χ3n) is 3.56. The molecule has 4 heteroatoms. The van der Waals surface area contributed by atoms with Gasteiger partial charge in [-0.2, -0.15) is 0 Å². The van der Waals surface area contributed by atoms with Gasteiger partial charge in [-0.1, -0.05) is 27.2 Å². The van der Waals surface area contributed by atoms with Gasteiger partial charge < -0.3 is 10.0 Å². The predicted molar refractivity (Wildman–Crippen MR) is 77.9 cm³/mol. The van der Waals surface area contributed by atoms with Gasteiger partial charge in [0.15, 0.2) is 0 Å². The molecular formula is C15H24N2O2. The summed E-state index contributed by atoms with van der Waals surface area (Å²) in [5.41, 5.74) is 1.16. The Morgan fingerprint density at radius 1 is 1.37 bits per heavy atom. The molecule has 1 unspecified atom stereocenters. The molecule has 0 spiro atoms. The predicted octanol–water partition coefficient (Wildman–Crippen LogP) is 3.21. The molecule has 0 aliphatic heterocycles. The Hall–Kier alpha value is -1.58. The third-order valence-corrected chi connectivity index (χ3v) is 3.56. The molecule has 1 heterocycles. The van der Waals surface area contributed by atoms with Gasteiger partial charge in [-0.15, -0.1) is 0 Å². The summed E-state index contributed by atoms with van der Waals surface area (Å²) in [5, 5.41) is 9.19. The van der Waals surface area contributed by atoms with Crippen molar-refractivity contribution in [2.45, 2.75) is 46.6 Å². The van der Waals surface area contributed by atoms with Gasteiger partial charge in [0, 0.05) is 18.8 Å². The highest BCUT2D eigenvalue weighted by molar-refractivity contribution is 5.88. The first-order valence-corrected chi connectivity index (χ1v) is 6.83. The van der Waals surface area contributed by atoms with Crippen molar-refractivity contribution in [3.63, 3.8) is 0 Å². The van der Waals surface area contributed by atoms with Crippen molar-refractivity contribution < 1.29 is 9.90 Å². The standard InChI is InChI=1S/C15H24N2O2/c1-6-7-13-8-12(15(18)19)9-14(16-13)17(5)11(4)10(2)3/h8-11H,6-7H2,1-5H3,(H,18,19). The fourth-order valence-electron chi connectivity index (χ4n) is 1.92. The molecule has 4 nitrogen and oxygen atoms in total. The molecule has 19 heavy (non-hydrogen) atoms. The highest BCUT2D eigenvalue weighted by atomic mass is 16.4. The molecule has 0 bridgehead atoms. The van der Waals surface area contributed by atoms with Crippen LogP contribution >= 0.6 is 0 Å². The maximum absolute atomic E-state index is 11.2. The molecular weight excluding hydrogens is 240 g/mol. The van der Waals surface area contributed by atoms with E-state index in [0.29, 0.717) is 17.5 Å². The van der Waals surface area contributed by atoms with Gasteiger partial charge in [0.05, 0.1) is 5.56 Å². The number of hydrogen-bond acceptors (Lipinski definition) is 3. The van der Waals surface area contributed by atoms with E-state index in [-0.39, 0.29) is 0 Å². The monoisotopic (exact) mass is 264 g/mol. The van der Waals surface area contributed by atoms with E-state index < -0.39 is 5.97 Å². The van der Waals surface area contributed by atoms with Crippen LogP contribution in [0.2, 0.25) is 0 Å². The SMILES string of the molecule is CCCc1cc(C(=O)O)cc(N(C)C(C)C(C)C)n1.